The molecule has 1 N–H and O–H groups in total. The second kappa shape index (κ2) is 8.19. The number of carbonyl (C=O) groups excluding carboxylic acids is 1. The fraction of sp³-hybridized carbons (Fsp3) is 0.250. The summed E-state index contributed by atoms with van der Waals surface area (Å²) in [5, 5.41) is 8.81. The number of carboxylic acid groups (broad SMARTS) is 1. The highest BCUT2D eigenvalue weighted by atomic mass is 32.2. The number of fused-ring (bicyclic) bond motifs is 2. The lowest BCUT2D eigenvalue weighted by Crippen LogP contribution is -2.41. The van der Waals surface area contributed by atoms with Gasteiger partial charge in [0, 0.05) is 11.0 Å². The maximum Gasteiger partial charge on any atom is 0.305 e. The van der Waals surface area contributed by atoms with Crippen molar-refractivity contribution in [3.63, 3.8) is 0 Å². The van der Waals surface area contributed by atoms with Crippen molar-refractivity contribution in [3.8, 4) is 5.75 Å². The molecule has 1 aromatic heterocycles. The molecule has 10 heteroatoms. The number of ether oxygens (including phenoxy) is 1. The molecule has 0 aliphatic carbocycles. The normalized spacial score (nSPS) is 16.0. The lowest BCUT2D eigenvalue weighted by Gasteiger charge is -2.33. The van der Waals surface area contributed by atoms with Gasteiger partial charge in [0.1, 0.15) is 22.1 Å². The fourth-order valence-corrected chi connectivity index (χ4v) is 5.46. The van der Waals surface area contributed by atoms with Crippen LogP contribution in [0.25, 0.3) is 10.2 Å². The van der Waals surface area contributed by atoms with E-state index in [0.29, 0.717) is 32.6 Å². The number of rotatable bonds is 6. The Kier molecular flexibility index (Phi) is 5.61. The minimum absolute atomic E-state index is 0.0247. The molecule has 0 saturated heterocycles. The minimum atomic E-state index is -1.08. The third-order valence-corrected chi connectivity index (χ3v) is 6.68. The van der Waals surface area contributed by atoms with Gasteiger partial charge in [0.15, 0.2) is 5.82 Å². The fourth-order valence-electron chi connectivity index (χ4n) is 3.22. The Morgan fingerprint density at radius 3 is 2.83 bits per heavy atom. The molecule has 4 rings (SSSR count). The van der Waals surface area contributed by atoms with Crippen LogP contribution in [-0.4, -0.2) is 33.8 Å². The van der Waals surface area contributed by atoms with Crippen molar-refractivity contribution < 1.29 is 28.2 Å². The number of hydrogen-bond donors (Lipinski definition) is 1. The summed E-state index contributed by atoms with van der Waals surface area (Å²) < 4.78 is 33.4. The van der Waals surface area contributed by atoms with Gasteiger partial charge in [-0.15, -0.1) is 23.1 Å². The highest BCUT2D eigenvalue weighted by Crippen LogP contribution is 2.43. The number of nitrogens with zero attached hydrogens (tertiary/aromatic N) is 2. The molecule has 2 aromatic carbocycles. The van der Waals surface area contributed by atoms with Crippen LogP contribution in [0.2, 0.25) is 0 Å². The van der Waals surface area contributed by atoms with Crippen LogP contribution >= 0.6 is 23.1 Å². The molecule has 0 spiro atoms. The number of benzene rings is 2. The summed E-state index contributed by atoms with van der Waals surface area (Å²) in [4.78, 5) is 30.7. The first-order chi connectivity index (χ1) is 14.4. The molecule has 0 bridgehead atoms. The summed E-state index contributed by atoms with van der Waals surface area (Å²) in [5.74, 6) is -2.30. The maximum atomic E-state index is 14.0. The lowest BCUT2D eigenvalue weighted by atomic mass is 10.2. The molecule has 156 valence electrons. The van der Waals surface area contributed by atoms with Crippen molar-refractivity contribution in [2.75, 3.05) is 11.5 Å². The summed E-state index contributed by atoms with van der Waals surface area (Å²) in [5.41, 5.74) is 0.644. The van der Waals surface area contributed by atoms with Crippen molar-refractivity contribution in [2.24, 2.45) is 0 Å². The van der Waals surface area contributed by atoms with Crippen molar-refractivity contribution in [2.45, 2.75) is 30.0 Å². The second-order valence-corrected chi connectivity index (χ2v) is 8.89. The van der Waals surface area contributed by atoms with Crippen LogP contribution in [0.5, 0.6) is 5.75 Å². The quantitative estimate of drug-likeness (QED) is 0.598. The lowest BCUT2D eigenvalue weighted by molar-refractivity contribution is -0.138. The molecule has 0 fully saturated rings. The number of carboxylic acids is 1. The number of thiazole rings is 1. The highest BCUT2D eigenvalue weighted by molar-refractivity contribution is 8.01. The maximum absolute atomic E-state index is 14.0. The van der Waals surface area contributed by atoms with Crippen LogP contribution in [0.3, 0.4) is 0 Å². The van der Waals surface area contributed by atoms with Crippen LogP contribution in [0, 0.1) is 11.6 Å². The Morgan fingerprint density at radius 1 is 1.30 bits per heavy atom. The number of aliphatic carboxylic acids is 1. The van der Waals surface area contributed by atoms with E-state index in [1.807, 2.05) is 6.92 Å². The Hall–Kier alpha value is -2.72. The van der Waals surface area contributed by atoms with Gasteiger partial charge in [-0.3, -0.25) is 9.59 Å². The number of hydrogen-bond acceptors (Lipinski definition) is 6. The van der Waals surface area contributed by atoms with E-state index < -0.39 is 22.9 Å². The van der Waals surface area contributed by atoms with Gasteiger partial charge in [0.05, 0.1) is 35.2 Å². The molecule has 3 aromatic rings. The van der Waals surface area contributed by atoms with E-state index in [1.165, 1.54) is 22.7 Å². The van der Waals surface area contributed by atoms with Crippen LogP contribution in [0.15, 0.2) is 35.2 Å². The van der Waals surface area contributed by atoms with Crippen LogP contribution < -0.4 is 9.64 Å². The van der Waals surface area contributed by atoms with E-state index in [2.05, 4.69) is 4.98 Å². The zero-order valence-corrected chi connectivity index (χ0v) is 17.4. The SMILES string of the molecule is CCOc1ccc2c(c1)SC(CC(=O)O)C(=O)N2Cc1nc2c(F)cc(F)cc2s1. The topological polar surface area (TPSA) is 79.7 Å². The third kappa shape index (κ3) is 3.97. The molecule has 1 unspecified atom stereocenters. The number of anilines is 1. The van der Waals surface area contributed by atoms with Gasteiger partial charge in [0.2, 0.25) is 5.91 Å². The third-order valence-electron chi connectivity index (χ3n) is 4.45. The van der Waals surface area contributed by atoms with E-state index in [-0.39, 0.29) is 24.4 Å². The van der Waals surface area contributed by atoms with E-state index in [4.69, 9.17) is 4.74 Å². The monoisotopic (exact) mass is 450 g/mol. The highest BCUT2D eigenvalue weighted by Gasteiger charge is 2.35. The summed E-state index contributed by atoms with van der Waals surface area (Å²) in [6, 6.07) is 7.19. The molecular formula is C20H16F2N2O4S2. The van der Waals surface area contributed by atoms with Crippen LogP contribution in [-0.2, 0) is 16.1 Å². The summed E-state index contributed by atoms with van der Waals surface area (Å²) >= 11 is 2.27. The van der Waals surface area contributed by atoms with E-state index >= 15 is 0 Å². The van der Waals surface area contributed by atoms with Crippen molar-refractivity contribution in [1.29, 1.82) is 0 Å². The molecule has 30 heavy (non-hydrogen) atoms. The van der Waals surface area contributed by atoms with Crippen LogP contribution in [0.4, 0.5) is 14.5 Å². The number of halogens is 2. The minimum Gasteiger partial charge on any atom is -0.494 e. The Morgan fingerprint density at radius 2 is 2.10 bits per heavy atom. The zero-order chi connectivity index (χ0) is 21.4. The van der Waals surface area contributed by atoms with Crippen molar-refractivity contribution in [3.05, 3.63) is 47.0 Å². The molecule has 6 nitrogen and oxygen atoms in total. The van der Waals surface area contributed by atoms with Gasteiger partial charge >= 0.3 is 5.97 Å². The van der Waals surface area contributed by atoms with E-state index in [0.717, 1.165) is 17.4 Å². The summed E-state index contributed by atoms with van der Waals surface area (Å²) in [7, 11) is 0. The standard InChI is InChI=1S/C20H16F2N2O4S2/c1-2-28-11-3-4-13-14(7-11)29-16(8-18(25)26)20(27)24(13)9-17-23-19-12(22)5-10(21)6-15(19)30-17/h3-7,16H,2,8-9H2,1H3,(H,25,26). The summed E-state index contributed by atoms with van der Waals surface area (Å²) in [6.07, 6.45) is -0.335. The van der Waals surface area contributed by atoms with Crippen molar-refractivity contribution >= 4 is 50.9 Å². The van der Waals surface area contributed by atoms with Gasteiger partial charge in [-0.2, -0.15) is 0 Å². The molecule has 2 heterocycles. The van der Waals surface area contributed by atoms with Crippen molar-refractivity contribution in [1.82, 2.24) is 4.98 Å². The van der Waals surface area contributed by atoms with Gasteiger partial charge in [0.25, 0.3) is 0 Å². The molecule has 1 aliphatic rings. The average Bonchev–Trinajstić information content (AvgIpc) is 3.08. The average molecular weight is 450 g/mol. The second-order valence-electron chi connectivity index (χ2n) is 6.53. The van der Waals surface area contributed by atoms with Gasteiger partial charge in [-0.05, 0) is 31.2 Å². The van der Waals surface area contributed by atoms with Crippen LogP contribution in [0.1, 0.15) is 18.4 Å². The number of amides is 1. The first-order valence-electron chi connectivity index (χ1n) is 9.07. The summed E-state index contributed by atoms with van der Waals surface area (Å²) in [6.45, 7) is 2.35. The molecular weight excluding hydrogens is 434 g/mol. The first-order valence-corrected chi connectivity index (χ1v) is 10.8. The Labute approximate surface area is 178 Å². The smallest absolute Gasteiger partial charge is 0.305 e. The Bertz CT molecular complexity index is 1150. The van der Waals surface area contributed by atoms with Gasteiger partial charge < -0.3 is 14.7 Å². The largest absolute Gasteiger partial charge is 0.494 e. The Balaban J connectivity index is 1.72. The first kappa shape index (κ1) is 20.5. The number of thioether (sulfide) groups is 1. The molecule has 1 atom stereocenters. The molecule has 0 saturated carbocycles. The number of carbonyl (C=O) groups is 2. The van der Waals surface area contributed by atoms with Gasteiger partial charge in [-0.25, -0.2) is 13.8 Å². The predicted octanol–water partition coefficient (Wildman–Crippen LogP) is 4.46. The van der Waals surface area contributed by atoms with E-state index in [1.54, 1.807) is 18.2 Å². The molecule has 1 aliphatic heterocycles. The van der Waals surface area contributed by atoms with Gasteiger partial charge in [-0.1, -0.05) is 0 Å². The number of aromatic nitrogens is 1. The van der Waals surface area contributed by atoms with E-state index in [9.17, 15) is 23.5 Å². The zero-order valence-electron chi connectivity index (χ0n) is 15.7. The predicted molar refractivity (Wildman–Crippen MR) is 110 cm³/mol. The molecule has 0 radical (unpaired) electrons. The molecule has 1 amide bonds.